The first-order valence-corrected chi connectivity index (χ1v) is 6.70. The Kier molecular flexibility index (Phi) is 3.68. The number of hydrogen-bond acceptors (Lipinski definition) is 5. The third kappa shape index (κ3) is 2.60. The van der Waals surface area contributed by atoms with Crippen LogP contribution in [0.15, 0.2) is 36.7 Å². The van der Waals surface area contributed by atoms with Gasteiger partial charge in [-0.2, -0.15) is 0 Å². The SMILES string of the molecule is COc1cc(O)c2c(Nc3ccc(F)c(Cl)c3)ncnc2c1. The van der Waals surface area contributed by atoms with E-state index in [-0.39, 0.29) is 10.8 Å². The van der Waals surface area contributed by atoms with Crippen LogP contribution >= 0.6 is 11.6 Å². The Morgan fingerprint density at radius 1 is 1.23 bits per heavy atom. The number of methoxy groups -OCH3 is 1. The number of fused-ring (bicyclic) bond motifs is 1. The summed E-state index contributed by atoms with van der Waals surface area (Å²) in [5.41, 5.74) is 1.06. The van der Waals surface area contributed by atoms with Crippen LogP contribution in [0.5, 0.6) is 11.5 Å². The molecule has 1 aromatic heterocycles. The van der Waals surface area contributed by atoms with Crippen molar-refractivity contribution in [2.24, 2.45) is 0 Å². The molecule has 0 spiro atoms. The normalized spacial score (nSPS) is 10.7. The quantitative estimate of drug-likeness (QED) is 0.767. The van der Waals surface area contributed by atoms with Crippen molar-refractivity contribution in [3.05, 3.63) is 47.5 Å². The van der Waals surface area contributed by atoms with E-state index in [9.17, 15) is 9.50 Å². The van der Waals surface area contributed by atoms with E-state index in [2.05, 4.69) is 15.3 Å². The first kappa shape index (κ1) is 14.3. The van der Waals surface area contributed by atoms with Gasteiger partial charge < -0.3 is 15.2 Å². The summed E-state index contributed by atoms with van der Waals surface area (Å²) in [6.45, 7) is 0. The molecule has 0 aliphatic rings. The lowest BCUT2D eigenvalue weighted by atomic mass is 10.2. The summed E-state index contributed by atoms with van der Waals surface area (Å²) in [6, 6.07) is 7.35. The molecule has 7 heteroatoms. The summed E-state index contributed by atoms with van der Waals surface area (Å²) in [5.74, 6) is 0.338. The largest absolute Gasteiger partial charge is 0.507 e. The van der Waals surface area contributed by atoms with Crippen molar-refractivity contribution in [1.82, 2.24) is 9.97 Å². The first-order valence-electron chi connectivity index (χ1n) is 6.32. The predicted octanol–water partition coefficient (Wildman–Crippen LogP) is 3.88. The fourth-order valence-corrected chi connectivity index (χ4v) is 2.25. The molecular weight excluding hydrogens is 309 g/mol. The number of rotatable bonds is 3. The second-order valence-corrected chi connectivity index (χ2v) is 4.92. The molecule has 0 bridgehead atoms. The Bertz CT molecular complexity index is 858. The smallest absolute Gasteiger partial charge is 0.145 e. The number of hydrogen-bond donors (Lipinski definition) is 2. The lowest BCUT2D eigenvalue weighted by molar-refractivity contribution is 0.409. The molecule has 22 heavy (non-hydrogen) atoms. The van der Waals surface area contributed by atoms with Gasteiger partial charge in [0.05, 0.1) is 23.0 Å². The van der Waals surface area contributed by atoms with Gasteiger partial charge >= 0.3 is 0 Å². The summed E-state index contributed by atoms with van der Waals surface area (Å²) in [7, 11) is 1.50. The summed E-state index contributed by atoms with van der Waals surface area (Å²) in [5, 5.41) is 13.6. The first-order chi connectivity index (χ1) is 10.6. The van der Waals surface area contributed by atoms with Crippen LogP contribution in [0.1, 0.15) is 0 Å². The average Bonchev–Trinajstić information content (AvgIpc) is 2.50. The minimum absolute atomic E-state index is 0.00532. The molecule has 0 atom stereocenters. The van der Waals surface area contributed by atoms with E-state index in [4.69, 9.17) is 16.3 Å². The van der Waals surface area contributed by atoms with Crippen LogP contribution in [0, 0.1) is 5.82 Å². The highest BCUT2D eigenvalue weighted by Gasteiger charge is 2.11. The Balaban J connectivity index is 2.08. The van der Waals surface area contributed by atoms with E-state index in [1.54, 1.807) is 6.07 Å². The number of aromatic nitrogens is 2. The van der Waals surface area contributed by atoms with Crippen LogP contribution in [0.3, 0.4) is 0 Å². The molecule has 2 aromatic carbocycles. The predicted molar refractivity (Wildman–Crippen MR) is 82.4 cm³/mol. The van der Waals surface area contributed by atoms with Crippen LogP contribution in [0.25, 0.3) is 10.9 Å². The fraction of sp³-hybridized carbons (Fsp3) is 0.0667. The van der Waals surface area contributed by atoms with Gasteiger partial charge in [-0.15, -0.1) is 0 Å². The van der Waals surface area contributed by atoms with Crippen LogP contribution in [-0.4, -0.2) is 22.2 Å². The van der Waals surface area contributed by atoms with E-state index in [1.165, 1.54) is 37.7 Å². The standard InChI is InChI=1S/C15H11ClFN3O2/c1-22-9-5-12-14(13(21)6-9)15(19-7-18-12)20-8-2-3-11(17)10(16)4-8/h2-7,21H,1H3,(H,18,19,20). The molecular formula is C15H11ClFN3O2. The van der Waals surface area contributed by atoms with Gasteiger partial charge in [-0.25, -0.2) is 14.4 Å². The van der Waals surface area contributed by atoms with Gasteiger partial charge in [0.25, 0.3) is 0 Å². The van der Waals surface area contributed by atoms with E-state index in [0.717, 1.165) is 0 Å². The van der Waals surface area contributed by atoms with Crippen molar-refractivity contribution in [2.75, 3.05) is 12.4 Å². The number of nitrogens with one attached hydrogen (secondary N) is 1. The number of halogens is 2. The molecule has 1 heterocycles. The molecule has 0 aliphatic carbocycles. The Morgan fingerprint density at radius 3 is 2.77 bits per heavy atom. The van der Waals surface area contributed by atoms with E-state index in [0.29, 0.717) is 28.2 Å². The lowest BCUT2D eigenvalue weighted by Gasteiger charge is -2.11. The van der Waals surface area contributed by atoms with E-state index >= 15 is 0 Å². The number of anilines is 2. The van der Waals surface area contributed by atoms with E-state index in [1.807, 2.05) is 0 Å². The zero-order valence-corrected chi connectivity index (χ0v) is 12.2. The van der Waals surface area contributed by atoms with Crippen molar-refractivity contribution in [3.63, 3.8) is 0 Å². The van der Waals surface area contributed by atoms with Crippen molar-refractivity contribution in [1.29, 1.82) is 0 Å². The van der Waals surface area contributed by atoms with Crippen LogP contribution in [-0.2, 0) is 0 Å². The molecule has 0 saturated heterocycles. The van der Waals surface area contributed by atoms with Crippen molar-refractivity contribution in [3.8, 4) is 11.5 Å². The van der Waals surface area contributed by atoms with Gasteiger partial charge in [-0.3, -0.25) is 0 Å². The zero-order valence-electron chi connectivity index (χ0n) is 11.5. The molecule has 0 saturated carbocycles. The summed E-state index contributed by atoms with van der Waals surface area (Å²) < 4.78 is 18.3. The highest BCUT2D eigenvalue weighted by molar-refractivity contribution is 6.31. The van der Waals surface area contributed by atoms with Gasteiger partial charge in [0.1, 0.15) is 29.5 Å². The number of nitrogens with zero attached hydrogens (tertiary/aromatic N) is 2. The minimum Gasteiger partial charge on any atom is -0.507 e. The number of ether oxygens (including phenoxy) is 1. The summed E-state index contributed by atoms with van der Waals surface area (Å²) in [4.78, 5) is 8.22. The van der Waals surface area contributed by atoms with Crippen molar-refractivity contribution < 1.29 is 14.2 Å². The second kappa shape index (κ2) is 5.65. The highest BCUT2D eigenvalue weighted by Crippen LogP contribution is 2.34. The Hall–Kier alpha value is -2.60. The van der Waals surface area contributed by atoms with Gasteiger partial charge in [-0.05, 0) is 18.2 Å². The molecule has 112 valence electrons. The molecule has 0 radical (unpaired) electrons. The van der Waals surface area contributed by atoms with Crippen LogP contribution in [0.4, 0.5) is 15.9 Å². The van der Waals surface area contributed by atoms with Gasteiger partial charge in [-0.1, -0.05) is 11.6 Å². The topological polar surface area (TPSA) is 67.3 Å². The molecule has 0 unspecified atom stereocenters. The molecule has 0 aliphatic heterocycles. The summed E-state index contributed by atoms with van der Waals surface area (Å²) in [6.07, 6.45) is 1.36. The second-order valence-electron chi connectivity index (χ2n) is 4.52. The Labute approximate surface area is 130 Å². The molecule has 5 nitrogen and oxygen atoms in total. The zero-order chi connectivity index (χ0) is 15.7. The van der Waals surface area contributed by atoms with Crippen molar-refractivity contribution >= 4 is 34.0 Å². The minimum atomic E-state index is -0.507. The number of phenolic OH excluding ortho intramolecular Hbond substituents is 1. The van der Waals surface area contributed by atoms with Gasteiger partial charge in [0.15, 0.2) is 0 Å². The third-order valence-corrected chi connectivity index (χ3v) is 3.40. The van der Waals surface area contributed by atoms with Crippen LogP contribution in [0.2, 0.25) is 5.02 Å². The number of phenols is 1. The molecule has 0 fully saturated rings. The molecule has 0 amide bonds. The van der Waals surface area contributed by atoms with Gasteiger partial charge in [0, 0.05) is 17.8 Å². The number of aromatic hydroxyl groups is 1. The average molecular weight is 320 g/mol. The van der Waals surface area contributed by atoms with Gasteiger partial charge in [0.2, 0.25) is 0 Å². The highest BCUT2D eigenvalue weighted by atomic mass is 35.5. The monoisotopic (exact) mass is 319 g/mol. The molecule has 3 rings (SSSR count). The maximum atomic E-state index is 13.2. The lowest BCUT2D eigenvalue weighted by Crippen LogP contribution is -1.97. The van der Waals surface area contributed by atoms with E-state index < -0.39 is 5.82 Å². The van der Waals surface area contributed by atoms with Crippen molar-refractivity contribution in [2.45, 2.75) is 0 Å². The van der Waals surface area contributed by atoms with Crippen LogP contribution < -0.4 is 10.1 Å². The number of benzene rings is 2. The molecule has 2 N–H and O–H groups in total. The maximum Gasteiger partial charge on any atom is 0.145 e. The maximum absolute atomic E-state index is 13.2. The molecule has 3 aromatic rings. The Morgan fingerprint density at radius 2 is 2.05 bits per heavy atom. The summed E-state index contributed by atoms with van der Waals surface area (Å²) >= 11 is 5.76. The fourth-order valence-electron chi connectivity index (χ4n) is 2.07. The third-order valence-electron chi connectivity index (χ3n) is 3.11.